The van der Waals surface area contributed by atoms with Crippen LogP contribution in [0.3, 0.4) is 0 Å². The molecule has 2 rings (SSSR count). The molecule has 2 amide bonds. The van der Waals surface area contributed by atoms with Gasteiger partial charge in [-0.15, -0.1) is 0 Å². The van der Waals surface area contributed by atoms with E-state index in [9.17, 15) is 23.5 Å². The predicted molar refractivity (Wildman–Crippen MR) is 123 cm³/mol. The summed E-state index contributed by atoms with van der Waals surface area (Å²) in [7, 11) is 1.27. The minimum absolute atomic E-state index is 0.0185. The molecule has 10 heteroatoms. The molecular formula is C24H31F2N3O5. The zero-order chi connectivity index (χ0) is 25.3. The Bertz CT molecular complexity index is 961. The summed E-state index contributed by atoms with van der Waals surface area (Å²) in [6.07, 6.45) is -2.47. The first-order valence-corrected chi connectivity index (χ1v) is 10.7. The van der Waals surface area contributed by atoms with Gasteiger partial charge in [-0.05, 0) is 62.6 Å². The van der Waals surface area contributed by atoms with E-state index in [1.165, 1.54) is 7.11 Å². The van der Waals surface area contributed by atoms with Gasteiger partial charge < -0.3 is 25.2 Å². The van der Waals surface area contributed by atoms with Gasteiger partial charge in [0.25, 0.3) is 0 Å². The number of rotatable bonds is 9. The molecule has 0 fully saturated rings. The molecule has 186 valence electrons. The summed E-state index contributed by atoms with van der Waals surface area (Å²) >= 11 is 0. The van der Waals surface area contributed by atoms with Gasteiger partial charge in [0, 0.05) is 24.8 Å². The molecule has 4 N–H and O–H groups in total. The van der Waals surface area contributed by atoms with Crippen molar-refractivity contribution >= 4 is 17.9 Å². The molecule has 0 spiro atoms. The first-order valence-electron chi connectivity index (χ1n) is 10.7. The number of ether oxygens (including phenoxy) is 2. The molecule has 0 saturated carbocycles. The SMILES string of the molecule is COC(=O)Nc1cccc(CNC[C@@H](O)[C@H](Cc2cc(F)cc(F)c2)NC(=O)OC(C)(C)C)c1. The van der Waals surface area contributed by atoms with E-state index in [1.807, 2.05) is 6.07 Å². The molecule has 0 radical (unpaired) electrons. The van der Waals surface area contributed by atoms with Gasteiger partial charge in [0.2, 0.25) is 0 Å². The van der Waals surface area contributed by atoms with Crippen molar-refractivity contribution in [2.75, 3.05) is 19.0 Å². The van der Waals surface area contributed by atoms with Crippen LogP contribution < -0.4 is 16.0 Å². The van der Waals surface area contributed by atoms with Crippen molar-refractivity contribution in [1.82, 2.24) is 10.6 Å². The molecule has 0 bridgehead atoms. The Kier molecular flexibility index (Phi) is 9.76. The molecule has 0 heterocycles. The van der Waals surface area contributed by atoms with Gasteiger partial charge in [-0.1, -0.05) is 12.1 Å². The number of halogens is 2. The number of amides is 2. The number of anilines is 1. The van der Waals surface area contributed by atoms with Crippen LogP contribution in [0.25, 0.3) is 0 Å². The number of carbonyl (C=O) groups excluding carboxylic acids is 2. The van der Waals surface area contributed by atoms with Crippen molar-refractivity contribution in [2.24, 2.45) is 0 Å². The molecule has 0 aromatic heterocycles. The second-order valence-corrected chi connectivity index (χ2v) is 8.75. The van der Waals surface area contributed by atoms with Crippen molar-refractivity contribution in [2.45, 2.75) is 51.5 Å². The third-order valence-corrected chi connectivity index (χ3v) is 4.59. The fourth-order valence-electron chi connectivity index (χ4n) is 3.16. The number of aliphatic hydroxyl groups is 1. The third-order valence-electron chi connectivity index (χ3n) is 4.59. The maximum atomic E-state index is 13.6. The minimum Gasteiger partial charge on any atom is -0.453 e. The Morgan fingerprint density at radius 2 is 1.71 bits per heavy atom. The van der Waals surface area contributed by atoms with Crippen LogP contribution in [0.5, 0.6) is 0 Å². The fourth-order valence-corrected chi connectivity index (χ4v) is 3.16. The number of hydrogen-bond donors (Lipinski definition) is 4. The third kappa shape index (κ3) is 9.72. The predicted octanol–water partition coefficient (Wildman–Crippen LogP) is 3.73. The van der Waals surface area contributed by atoms with E-state index in [0.29, 0.717) is 12.2 Å². The number of carbonyl (C=O) groups is 2. The van der Waals surface area contributed by atoms with Crippen LogP contribution in [0.15, 0.2) is 42.5 Å². The molecule has 34 heavy (non-hydrogen) atoms. The summed E-state index contributed by atoms with van der Waals surface area (Å²) in [6.45, 7) is 5.51. The summed E-state index contributed by atoms with van der Waals surface area (Å²) in [4.78, 5) is 23.6. The Morgan fingerprint density at radius 1 is 1.03 bits per heavy atom. The number of alkyl carbamates (subject to hydrolysis) is 1. The van der Waals surface area contributed by atoms with Gasteiger partial charge in [0.15, 0.2) is 0 Å². The highest BCUT2D eigenvalue weighted by Crippen LogP contribution is 2.14. The first kappa shape index (κ1) is 27.0. The van der Waals surface area contributed by atoms with Crippen molar-refractivity contribution in [1.29, 1.82) is 0 Å². The summed E-state index contributed by atoms with van der Waals surface area (Å²) in [6, 6.07) is 9.19. The standard InChI is InChI=1S/C24H31F2N3O5/c1-24(2,3)34-23(32)29-20(11-16-8-17(25)12-18(26)9-16)21(30)14-27-13-15-6-5-7-19(10-15)28-22(31)33-4/h5-10,12,20-21,27,30H,11,13-14H2,1-4H3,(H,28,31)(H,29,32)/t20-,21+/m0/s1. The monoisotopic (exact) mass is 479 g/mol. The van der Waals surface area contributed by atoms with E-state index in [-0.39, 0.29) is 18.5 Å². The molecule has 2 aromatic carbocycles. The van der Waals surface area contributed by atoms with Crippen LogP contribution in [-0.2, 0) is 22.4 Å². The summed E-state index contributed by atoms with van der Waals surface area (Å²) in [5.41, 5.74) is 0.889. The average molecular weight is 480 g/mol. The lowest BCUT2D eigenvalue weighted by atomic mass is 10.0. The second kappa shape index (κ2) is 12.3. The topological polar surface area (TPSA) is 109 Å². The van der Waals surface area contributed by atoms with Crippen LogP contribution in [0.2, 0.25) is 0 Å². The fraction of sp³-hybridized carbons (Fsp3) is 0.417. The molecule has 0 aliphatic carbocycles. The lowest BCUT2D eigenvalue weighted by molar-refractivity contribution is 0.0422. The highest BCUT2D eigenvalue weighted by atomic mass is 19.1. The number of aliphatic hydroxyl groups excluding tert-OH is 1. The van der Waals surface area contributed by atoms with Gasteiger partial charge in [0.1, 0.15) is 17.2 Å². The van der Waals surface area contributed by atoms with Crippen molar-refractivity contribution in [3.05, 3.63) is 65.2 Å². The van der Waals surface area contributed by atoms with Crippen molar-refractivity contribution in [3.8, 4) is 0 Å². The quantitative estimate of drug-likeness (QED) is 0.437. The molecule has 8 nitrogen and oxygen atoms in total. The van der Waals surface area contributed by atoms with Crippen molar-refractivity contribution < 1.29 is 33.0 Å². The van der Waals surface area contributed by atoms with Crippen molar-refractivity contribution in [3.63, 3.8) is 0 Å². The van der Waals surface area contributed by atoms with Crippen LogP contribution in [0.4, 0.5) is 24.1 Å². The Hall–Kier alpha value is -3.24. The summed E-state index contributed by atoms with van der Waals surface area (Å²) < 4.78 is 37.1. The van der Waals surface area contributed by atoms with E-state index in [4.69, 9.17) is 4.74 Å². The van der Waals surface area contributed by atoms with Gasteiger partial charge in [-0.2, -0.15) is 0 Å². The number of methoxy groups -OCH3 is 1. The Labute approximate surface area is 197 Å². The van der Waals surface area contributed by atoms with Crippen LogP contribution in [0, 0.1) is 11.6 Å². The molecular weight excluding hydrogens is 448 g/mol. The first-order chi connectivity index (χ1) is 15.9. The maximum absolute atomic E-state index is 13.6. The summed E-state index contributed by atoms with van der Waals surface area (Å²) in [5.74, 6) is -1.50. The molecule has 0 aliphatic heterocycles. The lowest BCUT2D eigenvalue weighted by Crippen LogP contribution is -2.49. The molecule has 0 unspecified atom stereocenters. The normalized spacial score (nSPS) is 13.0. The van der Waals surface area contributed by atoms with Gasteiger partial charge >= 0.3 is 12.2 Å². The number of nitrogens with one attached hydrogen (secondary N) is 3. The molecule has 2 aromatic rings. The Morgan fingerprint density at radius 3 is 2.32 bits per heavy atom. The highest BCUT2D eigenvalue weighted by Gasteiger charge is 2.25. The molecule has 0 saturated heterocycles. The van der Waals surface area contributed by atoms with Crippen LogP contribution >= 0.6 is 0 Å². The van der Waals surface area contributed by atoms with E-state index in [0.717, 1.165) is 23.8 Å². The average Bonchev–Trinajstić information content (AvgIpc) is 2.71. The smallest absolute Gasteiger partial charge is 0.411 e. The number of hydrogen-bond acceptors (Lipinski definition) is 6. The van der Waals surface area contributed by atoms with E-state index < -0.39 is 41.6 Å². The second-order valence-electron chi connectivity index (χ2n) is 8.75. The molecule has 0 aliphatic rings. The van der Waals surface area contributed by atoms with E-state index >= 15 is 0 Å². The summed E-state index contributed by atoms with van der Waals surface area (Å²) in [5, 5.41) is 19.0. The maximum Gasteiger partial charge on any atom is 0.411 e. The van der Waals surface area contributed by atoms with Gasteiger partial charge in [-0.25, -0.2) is 18.4 Å². The van der Waals surface area contributed by atoms with Gasteiger partial charge in [0.05, 0.1) is 19.3 Å². The zero-order valence-corrected chi connectivity index (χ0v) is 19.7. The van der Waals surface area contributed by atoms with Crippen LogP contribution in [0.1, 0.15) is 31.9 Å². The van der Waals surface area contributed by atoms with E-state index in [1.54, 1.807) is 39.0 Å². The largest absolute Gasteiger partial charge is 0.453 e. The molecule has 2 atom stereocenters. The zero-order valence-electron chi connectivity index (χ0n) is 19.7. The minimum atomic E-state index is -1.10. The lowest BCUT2D eigenvalue weighted by Gasteiger charge is -2.27. The van der Waals surface area contributed by atoms with E-state index in [2.05, 4.69) is 20.7 Å². The highest BCUT2D eigenvalue weighted by molar-refractivity contribution is 5.84. The Balaban J connectivity index is 2.04. The van der Waals surface area contributed by atoms with Gasteiger partial charge in [-0.3, -0.25) is 5.32 Å². The van der Waals surface area contributed by atoms with Crippen LogP contribution in [-0.4, -0.2) is 48.7 Å². The number of benzene rings is 2.